The van der Waals surface area contributed by atoms with Crippen LogP contribution in [0, 0.1) is 0 Å². The molecule has 0 spiro atoms. The second-order valence-electron chi connectivity index (χ2n) is 8.49. The molecule has 1 saturated heterocycles. The van der Waals surface area contributed by atoms with Crippen molar-refractivity contribution in [3.63, 3.8) is 0 Å². The Balaban J connectivity index is 1.30. The molecule has 0 radical (unpaired) electrons. The second-order valence-corrected chi connectivity index (χ2v) is 8.49. The molecule has 10 heteroatoms. The summed E-state index contributed by atoms with van der Waals surface area (Å²) in [6.07, 6.45) is 0. The van der Waals surface area contributed by atoms with Crippen LogP contribution in [0.4, 0.5) is 5.69 Å². The Kier molecular flexibility index (Phi) is 5.85. The monoisotopic (exact) mass is 488 g/mol. The van der Waals surface area contributed by atoms with Gasteiger partial charge in [0.25, 0.3) is 5.91 Å². The standard InChI is InChI=1S/C26H24N4O6/c1-36-22-13-17(12-21(31)23(22)32)24-27-19-7-6-18(14-20(19)28-24)29-8-10-30(11-9-29)25(33)15-2-4-16(5-3-15)26(34)35/h2-7,12-14,31-32H,8-11H2,1H3,(H,27,28)(H,34,35). The summed E-state index contributed by atoms with van der Waals surface area (Å²) in [7, 11) is 1.41. The van der Waals surface area contributed by atoms with Gasteiger partial charge in [-0.2, -0.15) is 0 Å². The Morgan fingerprint density at radius 2 is 1.64 bits per heavy atom. The lowest BCUT2D eigenvalue weighted by Gasteiger charge is -2.36. The Hall–Kier alpha value is -4.73. The zero-order valence-electron chi connectivity index (χ0n) is 19.4. The molecule has 1 aromatic heterocycles. The Bertz CT molecular complexity index is 1460. The topological polar surface area (TPSA) is 139 Å². The van der Waals surface area contributed by atoms with Gasteiger partial charge in [-0.1, -0.05) is 0 Å². The van der Waals surface area contributed by atoms with Crippen molar-refractivity contribution < 1.29 is 29.6 Å². The van der Waals surface area contributed by atoms with Crippen molar-refractivity contribution in [2.45, 2.75) is 0 Å². The molecular formula is C26H24N4O6. The fourth-order valence-electron chi connectivity index (χ4n) is 4.32. The summed E-state index contributed by atoms with van der Waals surface area (Å²) < 4.78 is 5.12. The largest absolute Gasteiger partial charge is 0.504 e. The molecule has 1 amide bonds. The van der Waals surface area contributed by atoms with E-state index in [2.05, 4.69) is 14.9 Å². The van der Waals surface area contributed by atoms with Crippen LogP contribution in [0.5, 0.6) is 17.2 Å². The molecule has 1 fully saturated rings. The first-order valence-electron chi connectivity index (χ1n) is 11.3. The fraction of sp³-hybridized carbons (Fsp3) is 0.192. The Morgan fingerprint density at radius 3 is 2.31 bits per heavy atom. The van der Waals surface area contributed by atoms with Gasteiger partial charge in [0.2, 0.25) is 5.75 Å². The molecule has 0 aliphatic carbocycles. The number of amides is 1. The van der Waals surface area contributed by atoms with Crippen LogP contribution in [0.2, 0.25) is 0 Å². The van der Waals surface area contributed by atoms with E-state index in [1.165, 1.54) is 25.3 Å². The first kappa shape index (κ1) is 23.0. The first-order valence-corrected chi connectivity index (χ1v) is 11.3. The molecule has 2 heterocycles. The van der Waals surface area contributed by atoms with Gasteiger partial charge in [0.15, 0.2) is 11.5 Å². The van der Waals surface area contributed by atoms with Gasteiger partial charge in [-0.05, 0) is 54.6 Å². The molecule has 36 heavy (non-hydrogen) atoms. The molecular weight excluding hydrogens is 464 g/mol. The number of nitrogens with one attached hydrogen (secondary N) is 1. The molecule has 0 atom stereocenters. The fourth-order valence-corrected chi connectivity index (χ4v) is 4.32. The number of phenols is 2. The maximum Gasteiger partial charge on any atom is 0.335 e. The molecule has 1 aliphatic heterocycles. The van der Waals surface area contributed by atoms with Gasteiger partial charge in [-0.25, -0.2) is 9.78 Å². The minimum atomic E-state index is -1.02. The van der Waals surface area contributed by atoms with Crippen molar-refractivity contribution in [3.05, 3.63) is 65.7 Å². The lowest BCUT2D eigenvalue weighted by Crippen LogP contribution is -2.48. The van der Waals surface area contributed by atoms with Crippen LogP contribution in [0.25, 0.3) is 22.4 Å². The molecule has 5 rings (SSSR count). The number of carbonyl (C=O) groups excluding carboxylic acids is 1. The van der Waals surface area contributed by atoms with Crippen molar-refractivity contribution in [1.82, 2.24) is 14.9 Å². The predicted molar refractivity (Wildman–Crippen MR) is 133 cm³/mol. The highest BCUT2D eigenvalue weighted by molar-refractivity contribution is 5.96. The summed E-state index contributed by atoms with van der Waals surface area (Å²) in [4.78, 5) is 35.7. The highest BCUT2D eigenvalue weighted by Crippen LogP contribution is 2.39. The average Bonchev–Trinajstić information content (AvgIpc) is 3.33. The van der Waals surface area contributed by atoms with Gasteiger partial charge >= 0.3 is 5.97 Å². The van der Waals surface area contributed by atoms with Crippen LogP contribution in [0.15, 0.2) is 54.6 Å². The van der Waals surface area contributed by atoms with E-state index in [9.17, 15) is 19.8 Å². The minimum absolute atomic E-state index is 0.118. The van der Waals surface area contributed by atoms with Gasteiger partial charge in [0.1, 0.15) is 5.82 Å². The number of hydrogen-bond donors (Lipinski definition) is 4. The quantitative estimate of drug-likeness (QED) is 0.314. The smallest absolute Gasteiger partial charge is 0.335 e. The minimum Gasteiger partial charge on any atom is -0.504 e. The molecule has 4 N–H and O–H groups in total. The number of ether oxygens (including phenoxy) is 1. The first-order chi connectivity index (χ1) is 17.3. The zero-order valence-corrected chi connectivity index (χ0v) is 19.4. The number of aromatic nitrogens is 2. The average molecular weight is 489 g/mol. The number of fused-ring (bicyclic) bond motifs is 1. The number of nitrogens with zero attached hydrogens (tertiary/aromatic N) is 3. The number of anilines is 1. The van der Waals surface area contributed by atoms with E-state index >= 15 is 0 Å². The van der Waals surface area contributed by atoms with Crippen LogP contribution in [0.3, 0.4) is 0 Å². The van der Waals surface area contributed by atoms with E-state index in [4.69, 9.17) is 9.84 Å². The van der Waals surface area contributed by atoms with E-state index in [1.807, 2.05) is 18.2 Å². The number of phenolic OH excluding ortho intramolecular Hbond substituents is 2. The number of piperazine rings is 1. The van der Waals surface area contributed by atoms with Crippen molar-refractivity contribution in [3.8, 4) is 28.6 Å². The third kappa shape index (κ3) is 4.24. The molecule has 0 saturated carbocycles. The number of carbonyl (C=O) groups is 2. The maximum atomic E-state index is 12.8. The molecule has 4 aromatic rings. The third-order valence-corrected chi connectivity index (χ3v) is 6.32. The number of aromatic amines is 1. The van der Waals surface area contributed by atoms with Crippen LogP contribution in [0.1, 0.15) is 20.7 Å². The van der Waals surface area contributed by atoms with Crippen LogP contribution in [-0.2, 0) is 0 Å². The van der Waals surface area contributed by atoms with Gasteiger partial charge in [-0.3, -0.25) is 4.79 Å². The Morgan fingerprint density at radius 1 is 0.944 bits per heavy atom. The zero-order chi connectivity index (χ0) is 25.4. The molecule has 184 valence electrons. The lowest BCUT2D eigenvalue weighted by atomic mass is 10.1. The molecule has 1 aliphatic rings. The highest BCUT2D eigenvalue weighted by Gasteiger charge is 2.23. The maximum absolute atomic E-state index is 12.8. The summed E-state index contributed by atoms with van der Waals surface area (Å²) in [5.74, 6) is -1.08. The number of H-pyrrole nitrogens is 1. The molecule has 3 aromatic carbocycles. The van der Waals surface area contributed by atoms with E-state index in [0.29, 0.717) is 43.1 Å². The number of carboxylic acid groups (broad SMARTS) is 1. The number of aromatic hydroxyl groups is 2. The van der Waals surface area contributed by atoms with Crippen molar-refractivity contribution >= 4 is 28.6 Å². The number of hydrogen-bond acceptors (Lipinski definition) is 7. The van der Waals surface area contributed by atoms with Crippen LogP contribution >= 0.6 is 0 Å². The van der Waals surface area contributed by atoms with E-state index in [1.54, 1.807) is 23.1 Å². The molecule has 10 nitrogen and oxygen atoms in total. The number of carboxylic acids is 1. The Labute approximate surface area is 206 Å². The number of aromatic carboxylic acids is 1. The predicted octanol–water partition coefficient (Wildman–Crippen LogP) is 3.31. The lowest BCUT2D eigenvalue weighted by molar-refractivity contribution is 0.0693. The number of imidazole rings is 1. The van der Waals surface area contributed by atoms with Crippen molar-refractivity contribution in [1.29, 1.82) is 0 Å². The second kappa shape index (κ2) is 9.14. The number of methoxy groups -OCH3 is 1. The van der Waals surface area contributed by atoms with Gasteiger partial charge in [-0.15, -0.1) is 0 Å². The van der Waals surface area contributed by atoms with Crippen molar-refractivity contribution in [2.75, 3.05) is 38.2 Å². The van der Waals surface area contributed by atoms with E-state index in [-0.39, 0.29) is 28.7 Å². The van der Waals surface area contributed by atoms with Crippen molar-refractivity contribution in [2.24, 2.45) is 0 Å². The van der Waals surface area contributed by atoms with Gasteiger partial charge < -0.3 is 34.8 Å². The van der Waals surface area contributed by atoms with E-state index < -0.39 is 5.97 Å². The number of benzene rings is 3. The summed E-state index contributed by atoms with van der Waals surface area (Å²) in [5.41, 5.74) is 3.74. The normalized spacial score (nSPS) is 13.7. The third-order valence-electron chi connectivity index (χ3n) is 6.32. The van der Waals surface area contributed by atoms with Gasteiger partial charge in [0.05, 0.1) is 23.7 Å². The van der Waals surface area contributed by atoms with Gasteiger partial charge in [0, 0.05) is 43.0 Å². The highest BCUT2D eigenvalue weighted by atomic mass is 16.5. The summed E-state index contributed by atoms with van der Waals surface area (Å²) >= 11 is 0. The summed E-state index contributed by atoms with van der Waals surface area (Å²) in [6.45, 7) is 2.37. The molecule has 0 bridgehead atoms. The van der Waals surface area contributed by atoms with Crippen LogP contribution < -0.4 is 9.64 Å². The van der Waals surface area contributed by atoms with Crippen LogP contribution in [-0.4, -0.2) is 75.4 Å². The van der Waals surface area contributed by atoms with E-state index in [0.717, 1.165) is 16.7 Å². The SMILES string of the molecule is COc1cc(-c2nc3ccc(N4CCN(C(=O)c5ccc(C(=O)O)cc5)CC4)cc3[nH]2)cc(O)c1O. The number of rotatable bonds is 5. The molecule has 0 unspecified atom stereocenters. The summed E-state index contributed by atoms with van der Waals surface area (Å²) in [6, 6.07) is 14.9. The summed E-state index contributed by atoms with van der Waals surface area (Å²) in [5, 5.41) is 28.9.